The fraction of sp³-hybridized carbons (Fsp3) is 0.684. The Morgan fingerprint density at radius 2 is 1.82 bits per heavy atom. The van der Waals surface area contributed by atoms with Crippen LogP contribution in [0.15, 0.2) is 24.3 Å². The van der Waals surface area contributed by atoms with Crippen LogP contribution >= 0.6 is 0 Å². The van der Waals surface area contributed by atoms with Crippen LogP contribution in [0.5, 0.6) is 0 Å². The van der Waals surface area contributed by atoms with E-state index in [-0.39, 0.29) is 11.5 Å². The van der Waals surface area contributed by atoms with E-state index in [1.54, 1.807) is 0 Å². The zero-order valence-corrected chi connectivity index (χ0v) is 13.7. The highest BCUT2D eigenvalue weighted by Gasteiger charge is 2.46. The minimum Gasteiger partial charge on any atom is -0.392 e. The molecule has 0 aromatic heterocycles. The van der Waals surface area contributed by atoms with E-state index in [2.05, 4.69) is 41.1 Å². The number of nitrogens with zero attached hydrogens (tertiary/aromatic N) is 2. The van der Waals surface area contributed by atoms with Crippen molar-refractivity contribution in [3.8, 4) is 0 Å². The molecule has 0 amide bonds. The van der Waals surface area contributed by atoms with Gasteiger partial charge in [0.05, 0.1) is 6.10 Å². The molecular formula is C19H28N2O. The Labute approximate surface area is 133 Å². The Morgan fingerprint density at radius 1 is 1.09 bits per heavy atom. The van der Waals surface area contributed by atoms with Gasteiger partial charge in [0.1, 0.15) is 0 Å². The third-order valence-corrected chi connectivity index (χ3v) is 6.26. The van der Waals surface area contributed by atoms with E-state index >= 15 is 0 Å². The Balaban J connectivity index is 1.50. The molecule has 3 heteroatoms. The van der Waals surface area contributed by atoms with E-state index in [9.17, 15) is 5.11 Å². The van der Waals surface area contributed by atoms with Crippen molar-refractivity contribution >= 4 is 0 Å². The lowest BCUT2D eigenvalue weighted by Crippen LogP contribution is -2.59. The average molecular weight is 300 g/mol. The van der Waals surface area contributed by atoms with E-state index in [1.807, 2.05) is 0 Å². The lowest BCUT2D eigenvalue weighted by Gasteiger charge is -2.51. The first-order valence-corrected chi connectivity index (χ1v) is 8.84. The average Bonchev–Trinajstić information content (AvgIpc) is 2.96. The van der Waals surface area contributed by atoms with Crippen molar-refractivity contribution in [2.45, 2.75) is 44.2 Å². The van der Waals surface area contributed by atoms with Gasteiger partial charge < -0.3 is 10.0 Å². The molecule has 0 bridgehead atoms. The summed E-state index contributed by atoms with van der Waals surface area (Å²) < 4.78 is 0. The summed E-state index contributed by atoms with van der Waals surface area (Å²) in [6.45, 7) is 4.39. The molecule has 2 saturated heterocycles. The molecule has 0 radical (unpaired) electrons. The molecule has 22 heavy (non-hydrogen) atoms. The molecule has 3 aliphatic rings. The number of aliphatic hydroxyl groups excluding tert-OH is 1. The third kappa shape index (κ3) is 2.49. The van der Waals surface area contributed by atoms with Crippen LogP contribution in [0.1, 0.15) is 30.4 Å². The van der Waals surface area contributed by atoms with Crippen LogP contribution < -0.4 is 0 Å². The van der Waals surface area contributed by atoms with Crippen molar-refractivity contribution in [2.24, 2.45) is 5.41 Å². The summed E-state index contributed by atoms with van der Waals surface area (Å²) in [4.78, 5) is 5.10. The number of rotatable bonds is 1. The second kappa shape index (κ2) is 5.63. The molecule has 2 heterocycles. The lowest BCUT2D eigenvalue weighted by atomic mass is 9.71. The monoisotopic (exact) mass is 300 g/mol. The van der Waals surface area contributed by atoms with Gasteiger partial charge in [-0.05, 0) is 56.8 Å². The Kier molecular flexibility index (Phi) is 3.75. The topological polar surface area (TPSA) is 26.7 Å². The summed E-state index contributed by atoms with van der Waals surface area (Å²) in [5.74, 6) is 0. The standard InChI is InChI=1S/C19H28N2O/c1-20-10-7-18(22)19(13-20)8-4-9-21(14-19)17-11-15-5-2-3-6-16(15)12-17/h2-3,5-6,17-18,22H,4,7-14H2,1H3/t18-,19-/m0/s1. The predicted octanol–water partition coefficient (Wildman–Crippen LogP) is 1.93. The smallest absolute Gasteiger partial charge is 0.0633 e. The van der Waals surface area contributed by atoms with Gasteiger partial charge in [0.15, 0.2) is 0 Å². The van der Waals surface area contributed by atoms with Gasteiger partial charge >= 0.3 is 0 Å². The van der Waals surface area contributed by atoms with Crippen molar-refractivity contribution in [2.75, 3.05) is 33.2 Å². The number of hydrogen-bond donors (Lipinski definition) is 1. The van der Waals surface area contributed by atoms with Crippen molar-refractivity contribution in [3.05, 3.63) is 35.4 Å². The first-order valence-electron chi connectivity index (χ1n) is 8.84. The van der Waals surface area contributed by atoms with Gasteiger partial charge in [0, 0.05) is 31.1 Å². The highest BCUT2D eigenvalue weighted by Crippen LogP contribution is 2.40. The molecule has 2 aliphatic heterocycles. The van der Waals surface area contributed by atoms with Gasteiger partial charge in [-0.3, -0.25) is 4.90 Å². The van der Waals surface area contributed by atoms with E-state index < -0.39 is 0 Å². The predicted molar refractivity (Wildman–Crippen MR) is 89.0 cm³/mol. The van der Waals surface area contributed by atoms with Crippen LogP contribution in [-0.2, 0) is 12.8 Å². The molecule has 1 spiro atoms. The summed E-state index contributed by atoms with van der Waals surface area (Å²) in [7, 11) is 2.21. The SMILES string of the molecule is CN1CC[C@H](O)[C@@]2(CCCN(C3Cc4ccccc4C3)C2)C1. The Morgan fingerprint density at radius 3 is 2.55 bits per heavy atom. The second-order valence-corrected chi connectivity index (χ2v) is 7.81. The Hall–Kier alpha value is -0.900. The lowest BCUT2D eigenvalue weighted by molar-refractivity contribution is -0.0860. The van der Waals surface area contributed by atoms with Crippen molar-refractivity contribution in [3.63, 3.8) is 0 Å². The number of benzene rings is 1. The molecule has 0 unspecified atom stereocenters. The first-order chi connectivity index (χ1) is 10.7. The van der Waals surface area contributed by atoms with E-state index in [0.29, 0.717) is 6.04 Å². The maximum Gasteiger partial charge on any atom is 0.0633 e. The molecule has 3 nitrogen and oxygen atoms in total. The number of aliphatic hydroxyl groups is 1. The molecule has 120 valence electrons. The summed E-state index contributed by atoms with van der Waals surface area (Å²) in [6.07, 6.45) is 5.63. The van der Waals surface area contributed by atoms with E-state index in [0.717, 1.165) is 26.1 Å². The van der Waals surface area contributed by atoms with Crippen LogP contribution in [0.3, 0.4) is 0 Å². The first kappa shape index (κ1) is 14.7. The minimum atomic E-state index is -0.115. The van der Waals surface area contributed by atoms with Crippen LogP contribution in [-0.4, -0.2) is 60.3 Å². The summed E-state index contributed by atoms with van der Waals surface area (Å²) >= 11 is 0. The van der Waals surface area contributed by atoms with Gasteiger partial charge in [-0.15, -0.1) is 0 Å². The number of hydrogen-bond acceptors (Lipinski definition) is 3. The maximum absolute atomic E-state index is 10.7. The van der Waals surface area contributed by atoms with Crippen LogP contribution in [0.25, 0.3) is 0 Å². The number of likely N-dealkylation sites (tertiary alicyclic amines) is 2. The summed E-state index contributed by atoms with van der Waals surface area (Å²) in [5.41, 5.74) is 3.18. The van der Waals surface area contributed by atoms with Crippen LogP contribution in [0.4, 0.5) is 0 Å². The van der Waals surface area contributed by atoms with Crippen LogP contribution in [0.2, 0.25) is 0 Å². The van der Waals surface area contributed by atoms with Gasteiger partial charge in [-0.2, -0.15) is 0 Å². The van der Waals surface area contributed by atoms with Crippen molar-refractivity contribution < 1.29 is 5.11 Å². The van der Waals surface area contributed by atoms with Gasteiger partial charge in [-0.1, -0.05) is 24.3 Å². The highest BCUT2D eigenvalue weighted by molar-refractivity contribution is 5.33. The normalized spacial score (nSPS) is 34.2. The van der Waals surface area contributed by atoms with Crippen molar-refractivity contribution in [1.29, 1.82) is 0 Å². The van der Waals surface area contributed by atoms with Crippen molar-refractivity contribution in [1.82, 2.24) is 9.80 Å². The molecule has 4 rings (SSSR count). The summed E-state index contributed by atoms with van der Waals surface area (Å²) in [6, 6.07) is 9.56. The maximum atomic E-state index is 10.7. The largest absolute Gasteiger partial charge is 0.392 e. The fourth-order valence-corrected chi connectivity index (χ4v) is 5.07. The molecule has 1 N–H and O–H groups in total. The molecule has 1 aromatic carbocycles. The van der Waals surface area contributed by atoms with Gasteiger partial charge in [0.25, 0.3) is 0 Å². The van der Waals surface area contributed by atoms with Gasteiger partial charge in [-0.25, -0.2) is 0 Å². The second-order valence-electron chi connectivity index (χ2n) is 7.81. The quantitative estimate of drug-likeness (QED) is 0.858. The molecule has 2 fully saturated rings. The third-order valence-electron chi connectivity index (χ3n) is 6.26. The summed E-state index contributed by atoms with van der Waals surface area (Å²) in [5, 5.41) is 10.7. The minimum absolute atomic E-state index is 0.111. The van der Waals surface area contributed by atoms with Crippen LogP contribution in [0, 0.1) is 5.41 Å². The van der Waals surface area contributed by atoms with Gasteiger partial charge in [0.2, 0.25) is 0 Å². The fourth-order valence-electron chi connectivity index (χ4n) is 5.07. The molecule has 1 aromatic rings. The Bertz CT molecular complexity index is 521. The van der Waals surface area contributed by atoms with E-state index in [4.69, 9.17) is 0 Å². The zero-order valence-electron chi connectivity index (χ0n) is 13.7. The molecule has 2 atom stereocenters. The number of piperidine rings is 2. The number of fused-ring (bicyclic) bond motifs is 1. The molecule has 1 aliphatic carbocycles. The zero-order chi connectivity index (χ0) is 15.2. The molecule has 0 saturated carbocycles. The highest BCUT2D eigenvalue weighted by atomic mass is 16.3. The van der Waals surface area contributed by atoms with E-state index in [1.165, 1.54) is 43.4 Å². The molecular weight excluding hydrogens is 272 g/mol.